The number of likely N-dealkylation sites (tertiary alicyclic amines) is 1. The lowest BCUT2D eigenvalue weighted by atomic mass is 10.0. The number of piperidine rings is 1. The van der Waals surface area contributed by atoms with E-state index in [-0.39, 0.29) is 0 Å². The molecule has 174 valence electrons. The standard InChI is InChI=1S/C26H35N7/c1-20-8-7-11-23(16-20)19-33-14-12-24(13-15-33)29-26(27-17-22-9-5-4-6-10-22)28-18-25-31-30-21(2)32(25)3/h4-11,16,24H,12-15,17-19H2,1-3H3,(H2,27,28,29). The van der Waals surface area contributed by atoms with Crippen molar-refractivity contribution in [3.63, 3.8) is 0 Å². The Labute approximate surface area is 197 Å². The van der Waals surface area contributed by atoms with Gasteiger partial charge in [0.05, 0.1) is 13.1 Å². The van der Waals surface area contributed by atoms with Crippen LogP contribution in [-0.4, -0.2) is 44.8 Å². The maximum atomic E-state index is 4.86. The SMILES string of the molecule is Cc1cccc(CN2CCC(NC(=NCc3ccccc3)NCc3nnc(C)n3C)CC2)c1. The number of nitrogens with zero attached hydrogens (tertiary/aromatic N) is 5. The molecule has 4 rings (SSSR count). The van der Waals surface area contributed by atoms with E-state index in [1.807, 2.05) is 24.6 Å². The number of nitrogens with one attached hydrogen (secondary N) is 2. The van der Waals surface area contributed by atoms with Gasteiger partial charge < -0.3 is 15.2 Å². The predicted molar refractivity (Wildman–Crippen MR) is 133 cm³/mol. The molecule has 1 aliphatic rings. The van der Waals surface area contributed by atoms with Crippen molar-refractivity contribution in [3.8, 4) is 0 Å². The molecule has 0 atom stereocenters. The van der Waals surface area contributed by atoms with Crippen LogP contribution in [0.15, 0.2) is 59.6 Å². The zero-order chi connectivity index (χ0) is 23.0. The van der Waals surface area contributed by atoms with Crippen molar-refractivity contribution in [1.82, 2.24) is 30.3 Å². The third-order valence-corrected chi connectivity index (χ3v) is 6.28. The van der Waals surface area contributed by atoms with Crippen LogP contribution in [0.2, 0.25) is 0 Å². The topological polar surface area (TPSA) is 70.4 Å². The van der Waals surface area contributed by atoms with E-state index >= 15 is 0 Å². The highest BCUT2D eigenvalue weighted by atomic mass is 15.3. The molecule has 0 spiro atoms. The third-order valence-electron chi connectivity index (χ3n) is 6.28. The lowest BCUT2D eigenvalue weighted by Gasteiger charge is -2.33. The van der Waals surface area contributed by atoms with E-state index in [0.717, 1.165) is 50.1 Å². The molecule has 1 aliphatic heterocycles. The highest BCUT2D eigenvalue weighted by molar-refractivity contribution is 5.80. The molecule has 7 heteroatoms. The molecule has 3 aromatic rings. The van der Waals surface area contributed by atoms with Crippen LogP contribution in [0.1, 0.15) is 41.2 Å². The molecule has 2 aromatic carbocycles. The smallest absolute Gasteiger partial charge is 0.192 e. The minimum absolute atomic E-state index is 0.405. The van der Waals surface area contributed by atoms with E-state index in [1.54, 1.807) is 0 Å². The number of rotatable bonds is 7. The molecule has 0 saturated carbocycles. The minimum Gasteiger partial charge on any atom is -0.354 e. The van der Waals surface area contributed by atoms with Crippen molar-refractivity contribution in [2.45, 2.75) is 52.4 Å². The first-order valence-corrected chi connectivity index (χ1v) is 11.8. The van der Waals surface area contributed by atoms with Gasteiger partial charge >= 0.3 is 0 Å². The minimum atomic E-state index is 0.405. The van der Waals surface area contributed by atoms with Gasteiger partial charge in [0.1, 0.15) is 5.82 Å². The van der Waals surface area contributed by atoms with E-state index in [9.17, 15) is 0 Å². The molecule has 2 N–H and O–H groups in total. The predicted octanol–water partition coefficient (Wildman–Crippen LogP) is 3.33. The number of benzene rings is 2. The zero-order valence-corrected chi connectivity index (χ0v) is 20.0. The van der Waals surface area contributed by atoms with Gasteiger partial charge in [-0.1, -0.05) is 60.2 Å². The van der Waals surface area contributed by atoms with Gasteiger partial charge in [0.2, 0.25) is 0 Å². The van der Waals surface area contributed by atoms with Crippen molar-refractivity contribution in [1.29, 1.82) is 0 Å². The van der Waals surface area contributed by atoms with Gasteiger partial charge in [0.25, 0.3) is 0 Å². The van der Waals surface area contributed by atoms with Gasteiger partial charge in [0, 0.05) is 32.7 Å². The molecular weight excluding hydrogens is 410 g/mol. The Morgan fingerprint density at radius 2 is 1.76 bits per heavy atom. The van der Waals surface area contributed by atoms with Crippen LogP contribution >= 0.6 is 0 Å². The van der Waals surface area contributed by atoms with E-state index in [0.29, 0.717) is 19.1 Å². The van der Waals surface area contributed by atoms with E-state index in [2.05, 4.69) is 81.2 Å². The molecule has 2 heterocycles. The summed E-state index contributed by atoms with van der Waals surface area (Å²) in [6, 6.07) is 19.6. The first kappa shape index (κ1) is 23.0. The van der Waals surface area contributed by atoms with Gasteiger partial charge in [-0.2, -0.15) is 0 Å². The molecule has 1 fully saturated rings. The number of aryl methyl sites for hydroxylation is 2. The fourth-order valence-corrected chi connectivity index (χ4v) is 4.17. The molecule has 0 amide bonds. The average Bonchev–Trinajstić information content (AvgIpc) is 3.15. The number of hydrogen-bond acceptors (Lipinski definition) is 4. The second-order valence-electron chi connectivity index (χ2n) is 8.91. The van der Waals surface area contributed by atoms with Crippen LogP contribution in [-0.2, 0) is 26.7 Å². The Balaban J connectivity index is 1.34. The Hall–Kier alpha value is -3.19. The highest BCUT2D eigenvalue weighted by Crippen LogP contribution is 2.15. The fourth-order valence-electron chi connectivity index (χ4n) is 4.17. The molecule has 7 nitrogen and oxygen atoms in total. The summed E-state index contributed by atoms with van der Waals surface area (Å²) in [5, 5.41) is 15.6. The Bertz CT molecular complexity index is 1050. The van der Waals surface area contributed by atoms with Crippen LogP contribution in [0.5, 0.6) is 0 Å². The van der Waals surface area contributed by atoms with Gasteiger partial charge in [-0.15, -0.1) is 10.2 Å². The Kier molecular flexibility index (Phi) is 7.73. The van der Waals surface area contributed by atoms with Crippen molar-refractivity contribution in [2.75, 3.05) is 13.1 Å². The molecule has 0 aliphatic carbocycles. The number of aromatic nitrogens is 3. The van der Waals surface area contributed by atoms with Crippen LogP contribution in [0.3, 0.4) is 0 Å². The van der Waals surface area contributed by atoms with E-state index < -0.39 is 0 Å². The summed E-state index contributed by atoms with van der Waals surface area (Å²) < 4.78 is 2.01. The van der Waals surface area contributed by atoms with Crippen LogP contribution in [0.4, 0.5) is 0 Å². The van der Waals surface area contributed by atoms with Crippen molar-refractivity contribution in [2.24, 2.45) is 12.0 Å². The second-order valence-corrected chi connectivity index (χ2v) is 8.91. The molecule has 1 saturated heterocycles. The highest BCUT2D eigenvalue weighted by Gasteiger charge is 2.20. The maximum Gasteiger partial charge on any atom is 0.192 e. The van der Waals surface area contributed by atoms with Crippen molar-refractivity contribution in [3.05, 3.63) is 82.9 Å². The lowest BCUT2D eigenvalue weighted by molar-refractivity contribution is 0.198. The Morgan fingerprint density at radius 1 is 1.00 bits per heavy atom. The summed E-state index contributed by atoms with van der Waals surface area (Å²) in [4.78, 5) is 7.40. The summed E-state index contributed by atoms with van der Waals surface area (Å²) in [5.41, 5.74) is 3.92. The second kappa shape index (κ2) is 11.1. The quantitative estimate of drug-likeness (QED) is 0.431. The number of hydrogen-bond donors (Lipinski definition) is 2. The fraction of sp³-hybridized carbons (Fsp3) is 0.423. The maximum absolute atomic E-state index is 4.86. The van der Waals surface area contributed by atoms with E-state index in [1.165, 1.54) is 16.7 Å². The number of aliphatic imine (C=N–C) groups is 1. The van der Waals surface area contributed by atoms with Crippen LogP contribution < -0.4 is 10.6 Å². The molecule has 0 bridgehead atoms. The third kappa shape index (κ3) is 6.65. The van der Waals surface area contributed by atoms with Gasteiger partial charge in [0.15, 0.2) is 11.8 Å². The first-order chi connectivity index (χ1) is 16.1. The Morgan fingerprint density at radius 3 is 2.45 bits per heavy atom. The van der Waals surface area contributed by atoms with Crippen molar-refractivity contribution < 1.29 is 0 Å². The van der Waals surface area contributed by atoms with E-state index in [4.69, 9.17) is 4.99 Å². The summed E-state index contributed by atoms with van der Waals surface area (Å²) in [7, 11) is 1.99. The monoisotopic (exact) mass is 445 g/mol. The molecular formula is C26H35N7. The van der Waals surface area contributed by atoms with Crippen LogP contribution in [0.25, 0.3) is 0 Å². The lowest BCUT2D eigenvalue weighted by Crippen LogP contribution is -2.48. The largest absolute Gasteiger partial charge is 0.354 e. The van der Waals surface area contributed by atoms with Gasteiger partial charge in [-0.25, -0.2) is 4.99 Å². The summed E-state index contributed by atoms with van der Waals surface area (Å²) in [6.45, 7) is 8.53. The van der Waals surface area contributed by atoms with Gasteiger partial charge in [-0.05, 0) is 37.8 Å². The molecule has 33 heavy (non-hydrogen) atoms. The summed E-state index contributed by atoms with van der Waals surface area (Å²) in [5.74, 6) is 2.63. The van der Waals surface area contributed by atoms with Gasteiger partial charge in [-0.3, -0.25) is 4.90 Å². The summed E-state index contributed by atoms with van der Waals surface area (Å²) >= 11 is 0. The van der Waals surface area contributed by atoms with Crippen LogP contribution in [0, 0.1) is 13.8 Å². The zero-order valence-electron chi connectivity index (χ0n) is 20.0. The molecule has 0 radical (unpaired) electrons. The normalized spacial score (nSPS) is 15.5. The molecule has 0 unspecified atom stereocenters. The summed E-state index contributed by atoms with van der Waals surface area (Å²) in [6.07, 6.45) is 2.20. The number of guanidine groups is 1. The van der Waals surface area contributed by atoms with Crippen molar-refractivity contribution >= 4 is 5.96 Å². The first-order valence-electron chi connectivity index (χ1n) is 11.8. The molecule has 1 aromatic heterocycles. The average molecular weight is 446 g/mol.